The van der Waals surface area contributed by atoms with Crippen molar-refractivity contribution in [2.45, 2.75) is 71.1 Å². The smallest absolute Gasteiger partial charge is 0.420 e. The number of imide groups is 1. The second kappa shape index (κ2) is 9.16. The summed E-state index contributed by atoms with van der Waals surface area (Å²) in [4.78, 5) is 56.9. The highest BCUT2D eigenvalue weighted by atomic mass is 16.6. The molecule has 3 aromatic heterocycles. The molecule has 4 aromatic rings. The van der Waals surface area contributed by atoms with Gasteiger partial charge in [0.05, 0.1) is 10.9 Å². The SMILES string of the molecule is CC(C)(C)OC(=O)N1C(=O)n2c(nc3c(O)cccc32)C12CCN(c1ncnc3c1ccn3C(=O)OC(C)(C)C)CC2. The first kappa shape index (κ1) is 27.5. The van der Waals surface area contributed by atoms with E-state index in [2.05, 4.69) is 9.97 Å². The number of anilines is 1. The minimum absolute atomic E-state index is 0.0449. The highest BCUT2D eigenvalue weighted by Crippen LogP contribution is 2.47. The molecule has 1 N–H and O–H groups in total. The van der Waals surface area contributed by atoms with Crippen LogP contribution in [0, 0.1) is 0 Å². The molecule has 13 heteroatoms. The van der Waals surface area contributed by atoms with Gasteiger partial charge in [-0.05, 0) is 72.6 Å². The Morgan fingerprint density at radius 2 is 1.62 bits per heavy atom. The number of amides is 2. The molecule has 6 rings (SSSR count). The Labute approximate surface area is 241 Å². The predicted molar refractivity (Wildman–Crippen MR) is 153 cm³/mol. The van der Waals surface area contributed by atoms with Crippen molar-refractivity contribution >= 4 is 46.1 Å². The molecule has 13 nitrogen and oxygen atoms in total. The van der Waals surface area contributed by atoms with Crippen molar-refractivity contribution in [1.29, 1.82) is 0 Å². The fraction of sp³-hybridized carbons (Fsp3) is 0.448. The molecular formula is C29H33N7O6. The van der Waals surface area contributed by atoms with Crippen LogP contribution in [0.2, 0.25) is 0 Å². The fourth-order valence-corrected chi connectivity index (χ4v) is 5.72. The molecule has 5 heterocycles. The minimum Gasteiger partial charge on any atom is -0.506 e. The molecule has 1 saturated heterocycles. The number of aromatic nitrogens is 5. The highest BCUT2D eigenvalue weighted by Gasteiger charge is 2.57. The van der Waals surface area contributed by atoms with Gasteiger partial charge in [-0.1, -0.05) is 6.07 Å². The molecule has 2 amide bonds. The maximum absolute atomic E-state index is 13.9. The normalized spacial score (nSPS) is 16.9. The van der Waals surface area contributed by atoms with E-state index < -0.39 is 35.0 Å². The molecule has 0 unspecified atom stereocenters. The highest BCUT2D eigenvalue weighted by molar-refractivity contribution is 6.02. The zero-order valence-electron chi connectivity index (χ0n) is 24.4. The lowest BCUT2D eigenvalue weighted by molar-refractivity contribution is 0.00876. The van der Waals surface area contributed by atoms with Crippen LogP contribution in [0.4, 0.5) is 20.2 Å². The van der Waals surface area contributed by atoms with E-state index in [9.17, 15) is 19.5 Å². The monoisotopic (exact) mass is 575 g/mol. The summed E-state index contributed by atoms with van der Waals surface area (Å²) in [5.41, 5.74) is -1.46. The first-order valence-electron chi connectivity index (χ1n) is 13.8. The number of hydrogen-bond acceptors (Lipinski definition) is 10. The molecule has 2 aliphatic rings. The van der Waals surface area contributed by atoms with Crippen molar-refractivity contribution in [2.75, 3.05) is 18.0 Å². The molecule has 1 aromatic carbocycles. The van der Waals surface area contributed by atoms with Crippen LogP contribution in [0.25, 0.3) is 22.1 Å². The van der Waals surface area contributed by atoms with Crippen LogP contribution in [0.15, 0.2) is 36.8 Å². The lowest BCUT2D eigenvalue weighted by Gasteiger charge is -2.42. The number of fused-ring (bicyclic) bond motifs is 5. The zero-order valence-corrected chi connectivity index (χ0v) is 24.4. The van der Waals surface area contributed by atoms with Gasteiger partial charge in [0.2, 0.25) is 0 Å². The van der Waals surface area contributed by atoms with E-state index in [1.807, 2.05) is 4.90 Å². The first-order chi connectivity index (χ1) is 19.7. The summed E-state index contributed by atoms with van der Waals surface area (Å²) in [6, 6.07) is 6.04. The van der Waals surface area contributed by atoms with Gasteiger partial charge < -0.3 is 19.5 Å². The molecule has 42 heavy (non-hydrogen) atoms. The second-order valence-electron chi connectivity index (χ2n) is 12.6. The van der Waals surface area contributed by atoms with E-state index in [0.717, 1.165) is 0 Å². The van der Waals surface area contributed by atoms with Crippen molar-refractivity contribution < 1.29 is 29.0 Å². The summed E-state index contributed by atoms with van der Waals surface area (Å²) < 4.78 is 14.0. The Kier molecular flexibility index (Phi) is 6.00. The van der Waals surface area contributed by atoms with Crippen LogP contribution in [0.1, 0.15) is 60.2 Å². The Balaban J connectivity index is 1.37. The lowest BCUT2D eigenvalue weighted by Crippen LogP contribution is -2.55. The van der Waals surface area contributed by atoms with Crippen molar-refractivity contribution in [2.24, 2.45) is 0 Å². The van der Waals surface area contributed by atoms with E-state index in [4.69, 9.17) is 14.5 Å². The van der Waals surface area contributed by atoms with Crippen molar-refractivity contribution in [1.82, 2.24) is 29.0 Å². The van der Waals surface area contributed by atoms with Crippen LogP contribution in [0.5, 0.6) is 5.75 Å². The van der Waals surface area contributed by atoms with E-state index >= 15 is 0 Å². The summed E-state index contributed by atoms with van der Waals surface area (Å²) in [6.07, 6.45) is 2.38. The number of piperidine rings is 1. The van der Waals surface area contributed by atoms with Crippen molar-refractivity contribution in [3.05, 3.63) is 42.6 Å². The van der Waals surface area contributed by atoms with Gasteiger partial charge in [-0.3, -0.25) is 0 Å². The van der Waals surface area contributed by atoms with Crippen LogP contribution < -0.4 is 4.90 Å². The summed E-state index contributed by atoms with van der Waals surface area (Å²) in [7, 11) is 0. The number of aromatic hydroxyl groups is 1. The summed E-state index contributed by atoms with van der Waals surface area (Å²) >= 11 is 0. The first-order valence-corrected chi connectivity index (χ1v) is 13.8. The van der Waals surface area contributed by atoms with Gasteiger partial charge in [-0.15, -0.1) is 0 Å². The Morgan fingerprint density at radius 1 is 0.952 bits per heavy atom. The molecular weight excluding hydrogens is 542 g/mol. The lowest BCUT2D eigenvalue weighted by atomic mass is 9.86. The van der Waals surface area contributed by atoms with E-state index in [1.165, 1.54) is 26.4 Å². The van der Waals surface area contributed by atoms with E-state index in [1.54, 1.807) is 65.9 Å². The van der Waals surface area contributed by atoms with Crippen LogP contribution in [-0.2, 0) is 15.0 Å². The Morgan fingerprint density at radius 3 is 2.29 bits per heavy atom. The molecule has 1 spiro atoms. The summed E-state index contributed by atoms with van der Waals surface area (Å²) in [6.45, 7) is 11.4. The molecule has 0 radical (unpaired) electrons. The molecule has 0 atom stereocenters. The number of para-hydroxylation sites is 1. The topological polar surface area (TPSA) is 145 Å². The number of carbonyl (C=O) groups is 3. The summed E-state index contributed by atoms with van der Waals surface area (Å²) in [5.74, 6) is 0.964. The van der Waals surface area contributed by atoms with Gasteiger partial charge in [0.25, 0.3) is 0 Å². The maximum atomic E-state index is 13.9. The van der Waals surface area contributed by atoms with Gasteiger partial charge in [-0.25, -0.2) is 43.4 Å². The van der Waals surface area contributed by atoms with Crippen LogP contribution in [0.3, 0.4) is 0 Å². The maximum Gasteiger partial charge on any atom is 0.420 e. The molecule has 2 aliphatic heterocycles. The number of phenolic OH excluding ortho intramolecular Hbond substituents is 1. The number of phenols is 1. The largest absolute Gasteiger partial charge is 0.506 e. The third kappa shape index (κ3) is 4.30. The van der Waals surface area contributed by atoms with Crippen LogP contribution >= 0.6 is 0 Å². The third-order valence-corrected chi connectivity index (χ3v) is 7.41. The standard InChI is InChI=1S/C29H33N7O6/c1-27(2,3)41-25(39)34-13-10-17-21(30-16-31-22(17)34)33-14-11-29(12-15-33)23-32-20-18(8-7-9-19(20)37)35(23)24(38)36(29)26(40)42-28(4,5)6/h7-10,13,16,37H,11-12,14-15H2,1-6H3. The molecule has 0 bridgehead atoms. The molecule has 0 saturated carbocycles. The van der Waals surface area contributed by atoms with Gasteiger partial charge in [0, 0.05) is 19.3 Å². The van der Waals surface area contributed by atoms with Crippen molar-refractivity contribution in [3.8, 4) is 5.75 Å². The number of nitrogens with zero attached hydrogens (tertiary/aromatic N) is 7. The third-order valence-electron chi connectivity index (χ3n) is 7.41. The number of rotatable bonds is 1. The average molecular weight is 576 g/mol. The van der Waals surface area contributed by atoms with Crippen LogP contribution in [-0.4, -0.2) is 76.6 Å². The number of imidazole rings is 1. The van der Waals surface area contributed by atoms with Gasteiger partial charge in [0.1, 0.15) is 46.0 Å². The second-order valence-corrected chi connectivity index (χ2v) is 12.6. The van der Waals surface area contributed by atoms with E-state index in [-0.39, 0.29) is 5.75 Å². The summed E-state index contributed by atoms with van der Waals surface area (Å²) in [5, 5.41) is 11.1. The Hall–Kier alpha value is -4.68. The number of hydrogen-bond donors (Lipinski definition) is 1. The minimum atomic E-state index is -1.10. The fourth-order valence-electron chi connectivity index (χ4n) is 5.72. The quantitative estimate of drug-likeness (QED) is 0.330. The van der Waals surface area contributed by atoms with Gasteiger partial charge >= 0.3 is 18.2 Å². The predicted octanol–water partition coefficient (Wildman–Crippen LogP) is 4.98. The number of carbonyl (C=O) groups excluding carboxylic acids is 3. The Bertz CT molecular complexity index is 1750. The molecule has 0 aliphatic carbocycles. The average Bonchev–Trinajstić information content (AvgIpc) is 3.55. The van der Waals surface area contributed by atoms with Gasteiger partial charge in [-0.2, -0.15) is 0 Å². The zero-order chi connectivity index (χ0) is 30.2. The molecule has 220 valence electrons. The number of benzene rings is 1. The van der Waals surface area contributed by atoms with Gasteiger partial charge in [0.15, 0.2) is 5.65 Å². The van der Waals surface area contributed by atoms with E-state index in [0.29, 0.717) is 59.6 Å². The molecule has 1 fully saturated rings. The van der Waals surface area contributed by atoms with Crippen molar-refractivity contribution in [3.63, 3.8) is 0 Å². The number of ether oxygens (including phenoxy) is 2.